The minimum Gasteiger partial charge on any atom is -0.340 e. The SMILES string of the molecule is CC(=O)N1CCN(Cc2ccc3c(c2)c2ncnc(Cl)c2n3CC(F)(F)F)CC1. The van der Waals surface area contributed by atoms with E-state index in [0.29, 0.717) is 36.1 Å². The molecule has 10 heteroatoms. The summed E-state index contributed by atoms with van der Waals surface area (Å²) < 4.78 is 40.6. The standard InChI is InChI=1S/C19H19ClF3N5O/c1-12(29)27-6-4-26(5-7-27)9-13-2-3-15-14(8-13)16-17(18(20)25-11-24-16)28(15)10-19(21,22)23/h2-3,8,11H,4-7,9-10H2,1H3. The lowest BCUT2D eigenvalue weighted by atomic mass is 10.1. The topological polar surface area (TPSA) is 54.3 Å². The molecule has 3 heterocycles. The lowest BCUT2D eigenvalue weighted by Crippen LogP contribution is -2.47. The molecule has 1 aliphatic rings. The number of alkyl halides is 3. The maximum Gasteiger partial charge on any atom is 0.406 e. The zero-order valence-electron chi connectivity index (χ0n) is 15.7. The highest BCUT2D eigenvalue weighted by molar-refractivity contribution is 6.34. The van der Waals surface area contributed by atoms with E-state index in [4.69, 9.17) is 11.6 Å². The number of benzene rings is 1. The molecule has 0 aliphatic carbocycles. The molecule has 0 N–H and O–H groups in total. The predicted octanol–water partition coefficient (Wildman–Crippen LogP) is 3.46. The minimum absolute atomic E-state index is 0.00245. The third kappa shape index (κ3) is 4.02. The number of halogens is 4. The van der Waals surface area contributed by atoms with E-state index >= 15 is 0 Å². The van der Waals surface area contributed by atoms with Gasteiger partial charge in [0, 0.05) is 45.0 Å². The Hall–Kier alpha value is -2.39. The van der Waals surface area contributed by atoms with Gasteiger partial charge in [-0.3, -0.25) is 9.69 Å². The first kappa shape index (κ1) is 19.9. The average Bonchev–Trinajstić information content (AvgIpc) is 2.95. The van der Waals surface area contributed by atoms with Gasteiger partial charge in [0.2, 0.25) is 5.91 Å². The van der Waals surface area contributed by atoms with E-state index in [1.165, 1.54) is 6.33 Å². The third-order valence-corrected chi connectivity index (χ3v) is 5.49. The molecule has 1 amide bonds. The van der Waals surface area contributed by atoms with Crippen molar-refractivity contribution in [2.24, 2.45) is 0 Å². The second-order valence-electron chi connectivity index (χ2n) is 7.20. The number of carbonyl (C=O) groups excluding carboxylic acids is 1. The summed E-state index contributed by atoms with van der Waals surface area (Å²) in [5.41, 5.74) is 1.99. The molecule has 1 aromatic carbocycles. The van der Waals surface area contributed by atoms with Crippen molar-refractivity contribution in [3.05, 3.63) is 35.2 Å². The maximum absolute atomic E-state index is 13.1. The summed E-state index contributed by atoms with van der Waals surface area (Å²) in [5.74, 6) is 0.0695. The molecular weight excluding hydrogens is 407 g/mol. The highest BCUT2D eigenvalue weighted by Gasteiger charge is 2.31. The van der Waals surface area contributed by atoms with Gasteiger partial charge in [-0.1, -0.05) is 17.7 Å². The van der Waals surface area contributed by atoms with Crippen molar-refractivity contribution in [3.8, 4) is 0 Å². The smallest absolute Gasteiger partial charge is 0.340 e. The molecular formula is C19H19ClF3N5O. The van der Waals surface area contributed by atoms with Gasteiger partial charge in [0.25, 0.3) is 0 Å². The van der Waals surface area contributed by atoms with Crippen LogP contribution >= 0.6 is 11.6 Å². The quantitative estimate of drug-likeness (QED) is 0.603. The molecule has 4 rings (SSSR count). The van der Waals surface area contributed by atoms with Crippen molar-refractivity contribution >= 4 is 39.4 Å². The van der Waals surface area contributed by atoms with Crippen LogP contribution in [0.25, 0.3) is 21.9 Å². The van der Waals surface area contributed by atoms with E-state index in [0.717, 1.165) is 23.2 Å². The number of piperazine rings is 1. The predicted molar refractivity (Wildman–Crippen MR) is 104 cm³/mol. The summed E-state index contributed by atoms with van der Waals surface area (Å²) in [6, 6.07) is 5.37. The Morgan fingerprint density at radius 2 is 1.90 bits per heavy atom. The van der Waals surface area contributed by atoms with Gasteiger partial charge >= 0.3 is 6.18 Å². The number of aromatic nitrogens is 3. The Balaban J connectivity index is 1.68. The normalized spacial score (nSPS) is 16.1. The van der Waals surface area contributed by atoms with Crippen LogP contribution in [0.15, 0.2) is 24.5 Å². The molecule has 6 nitrogen and oxygen atoms in total. The largest absolute Gasteiger partial charge is 0.406 e. The minimum atomic E-state index is -4.40. The number of amides is 1. The molecule has 2 aromatic heterocycles. The molecule has 0 atom stereocenters. The van der Waals surface area contributed by atoms with Gasteiger partial charge in [-0.25, -0.2) is 9.97 Å². The molecule has 0 spiro atoms. The second-order valence-corrected chi connectivity index (χ2v) is 7.55. The number of hydrogen-bond donors (Lipinski definition) is 0. The fourth-order valence-electron chi connectivity index (χ4n) is 3.84. The molecule has 0 radical (unpaired) electrons. The summed E-state index contributed by atoms with van der Waals surface area (Å²) in [6.07, 6.45) is -3.14. The number of hydrogen-bond acceptors (Lipinski definition) is 4. The van der Waals surface area contributed by atoms with E-state index in [9.17, 15) is 18.0 Å². The fraction of sp³-hybridized carbons (Fsp3) is 0.421. The first-order chi connectivity index (χ1) is 13.7. The maximum atomic E-state index is 13.1. The highest BCUT2D eigenvalue weighted by Crippen LogP contribution is 2.34. The zero-order chi connectivity index (χ0) is 20.8. The van der Waals surface area contributed by atoms with E-state index in [1.807, 2.05) is 17.0 Å². The van der Waals surface area contributed by atoms with Crippen LogP contribution in [0.4, 0.5) is 13.2 Å². The summed E-state index contributed by atoms with van der Waals surface area (Å²) >= 11 is 6.12. The van der Waals surface area contributed by atoms with Crippen molar-refractivity contribution in [1.82, 2.24) is 24.3 Å². The van der Waals surface area contributed by atoms with Gasteiger partial charge < -0.3 is 9.47 Å². The van der Waals surface area contributed by atoms with Crippen LogP contribution in [0, 0.1) is 0 Å². The molecule has 0 unspecified atom stereocenters. The van der Waals surface area contributed by atoms with E-state index < -0.39 is 12.7 Å². The van der Waals surface area contributed by atoms with Crippen LogP contribution in [0.2, 0.25) is 5.15 Å². The highest BCUT2D eigenvalue weighted by atomic mass is 35.5. The number of nitrogens with zero attached hydrogens (tertiary/aromatic N) is 5. The molecule has 1 saturated heterocycles. The average molecular weight is 426 g/mol. The Bertz CT molecular complexity index is 1070. The van der Waals surface area contributed by atoms with Crippen molar-refractivity contribution in [1.29, 1.82) is 0 Å². The van der Waals surface area contributed by atoms with Crippen LogP contribution in [0.5, 0.6) is 0 Å². The Morgan fingerprint density at radius 3 is 2.55 bits per heavy atom. The van der Waals surface area contributed by atoms with Gasteiger partial charge in [0.15, 0.2) is 5.15 Å². The van der Waals surface area contributed by atoms with E-state index in [1.54, 1.807) is 13.0 Å². The van der Waals surface area contributed by atoms with Crippen molar-refractivity contribution in [2.75, 3.05) is 26.2 Å². The molecule has 29 heavy (non-hydrogen) atoms. The van der Waals surface area contributed by atoms with E-state index in [2.05, 4.69) is 14.9 Å². The van der Waals surface area contributed by atoms with Crippen molar-refractivity contribution in [2.45, 2.75) is 26.2 Å². The number of rotatable bonds is 3. The monoisotopic (exact) mass is 425 g/mol. The molecule has 3 aromatic rings. The Labute approximate surface area is 169 Å². The van der Waals surface area contributed by atoms with Crippen molar-refractivity contribution < 1.29 is 18.0 Å². The molecule has 0 bridgehead atoms. The molecule has 154 valence electrons. The molecule has 1 fully saturated rings. The van der Waals surface area contributed by atoms with Crippen LogP contribution in [-0.2, 0) is 17.9 Å². The molecule has 0 saturated carbocycles. The first-order valence-electron chi connectivity index (χ1n) is 9.19. The van der Waals surface area contributed by atoms with Crippen LogP contribution in [0.1, 0.15) is 12.5 Å². The van der Waals surface area contributed by atoms with Crippen LogP contribution < -0.4 is 0 Å². The van der Waals surface area contributed by atoms with Crippen LogP contribution in [0.3, 0.4) is 0 Å². The lowest BCUT2D eigenvalue weighted by molar-refractivity contribution is -0.139. The Morgan fingerprint density at radius 1 is 1.17 bits per heavy atom. The summed E-state index contributed by atoms with van der Waals surface area (Å²) in [6.45, 7) is 3.89. The van der Waals surface area contributed by atoms with Gasteiger partial charge in [-0.2, -0.15) is 13.2 Å². The van der Waals surface area contributed by atoms with Gasteiger partial charge in [0.05, 0.1) is 5.52 Å². The van der Waals surface area contributed by atoms with E-state index in [-0.39, 0.29) is 16.6 Å². The fourth-order valence-corrected chi connectivity index (χ4v) is 4.08. The van der Waals surface area contributed by atoms with Gasteiger partial charge in [0.1, 0.15) is 23.9 Å². The number of carbonyl (C=O) groups is 1. The third-order valence-electron chi connectivity index (χ3n) is 5.22. The Kier molecular flexibility index (Phi) is 5.12. The number of fused-ring (bicyclic) bond motifs is 3. The zero-order valence-corrected chi connectivity index (χ0v) is 16.5. The van der Waals surface area contributed by atoms with Crippen LogP contribution in [-0.4, -0.2) is 62.6 Å². The second kappa shape index (κ2) is 7.46. The summed E-state index contributed by atoms with van der Waals surface area (Å²) in [5, 5.41) is 0.616. The first-order valence-corrected chi connectivity index (χ1v) is 9.56. The van der Waals surface area contributed by atoms with Crippen molar-refractivity contribution in [3.63, 3.8) is 0 Å². The molecule has 1 aliphatic heterocycles. The van der Waals surface area contributed by atoms with Gasteiger partial charge in [-0.15, -0.1) is 0 Å². The summed E-state index contributed by atoms with van der Waals surface area (Å²) in [4.78, 5) is 23.5. The lowest BCUT2D eigenvalue weighted by Gasteiger charge is -2.34. The van der Waals surface area contributed by atoms with Gasteiger partial charge in [-0.05, 0) is 17.7 Å². The summed E-state index contributed by atoms with van der Waals surface area (Å²) in [7, 11) is 0.